The minimum Gasteiger partial charge on any atom is -0.309 e. The van der Waals surface area contributed by atoms with Crippen LogP contribution in [0.1, 0.15) is 0 Å². The maximum absolute atomic E-state index is 5.09. The fraction of sp³-hybridized carbons (Fsp3) is 0. The summed E-state index contributed by atoms with van der Waals surface area (Å²) in [5.41, 5.74) is 12.2. The van der Waals surface area contributed by atoms with Crippen molar-refractivity contribution in [1.82, 2.24) is 24.1 Å². The molecule has 0 aliphatic carbocycles. The third-order valence-electron chi connectivity index (χ3n) is 12.4. The molecule has 4 heterocycles. The topological polar surface area (TPSA) is 48.5 Å². The minimum absolute atomic E-state index is 0.640. The molecule has 5 nitrogen and oxygen atoms in total. The van der Waals surface area contributed by atoms with Crippen molar-refractivity contribution in [3.63, 3.8) is 0 Å². The molecule has 13 aromatic rings. The maximum atomic E-state index is 5.09. The van der Waals surface area contributed by atoms with Crippen LogP contribution in [-0.4, -0.2) is 24.1 Å². The largest absolute Gasteiger partial charge is 0.309 e. The van der Waals surface area contributed by atoms with Crippen LogP contribution in [-0.2, 0) is 0 Å². The number of hydrogen-bond donors (Lipinski definition) is 0. The number of benzene rings is 9. The van der Waals surface area contributed by atoms with E-state index < -0.39 is 0 Å². The average Bonchev–Trinajstić information content (AvgIpc) is 4.02. The quantitative estimate of drug-likeness (QED) is 0.168. The zero-order chi connectivity index (χ0) is 41.4. The van der Waals surface area contributed by atoms with Crippen molar-refractivity contribution in [2.45, 2.75) is 0 Å². The van der Waals surface area contributed by atoms with Crippen molar-refractivity contribution in [2.24, 2.45) is 0 Å². The first kappa shape index (κ1) is 35.6. The highest BCUT2D eigenvalue weighted by atomic mass is 32.1. The van der Waals surface area contributed by atoms with Gasteiger partial charge in [0.1, 0.15) is 0 Å². The Morgan fingerprint density at radius 2 is 0.857 bits per heavy atom. The highest BCUT2D eigenvalue weighted by Gasteiger charge is 2.21. The third-order valence-corrected chi connectivity index (χ3v) is 13.6. The molecular weight excluding hydrogens is 787 g/mol. The molecule has 0 saturated carbocycles. The van der Waals surface area contributed by atoms with E-state index in [-0.39, 0.29) is 0 Å². The van der Waals surface area contributed by atoms with Gasteiger partial charge in [-0.15, -0.1) is 11.3 Å². The van der Waals surface area contributed by atoms with Crippen LogP contribution in [0.4, 0.5) is 0 Å². The normalized spacial score (nSPS) is 11.8. The SMILES string of the molecule is c1ccc(-c2ccc3c4ccccc4n(-c4ccc5sc6c(ccc7c8cc(-c9nc(-c%10ccccc%10)nc(-c%10ccccc%10)n9)ccc8n(-c8ccccc8)c76)c5c4)c3c2)cc1. The molecule has 0 spiro atoms. The lowest BCUT2D eigenvalue weighted by Gasteiger charge is -2.10. The van der Waals surface area contributed by atoms with Crippen LogP contribution in [0.5, 0.6) is 0 Å². The Kier molecular flexibility index (Phi) is 8.01. The Balaban J connectivity index is 1.03. The predicted octanol–water partition coefficient (Wildman–Crippen LogP) is 15.1. The fourth-order valence-corrected chi connectivity index (χ4v) is 10.7. The van der Waals surface area contributed by atoms with Gasteiger partial charge in [-0.05, 0) is 71.8 Å². The number of para-hydroxylation sites is 2. The van der Waals surface area contributed by atoms with Crippen molar-refractivity contribution >= 4 is 75.1 Å². The number of hydrogen-bond acceptors (Lipinski definition) is 4. The van der Waals surface area contributed by atoms with E-state index in [1.165, 1.54) is 64.0 Å². The summed E-state index contributed by atoms with van der Waals surface area (Å²) in [5.74, 6) is 1.94. The molecule has 0 saturated heterocycles. The smallest absolute Gasteiger partial charge is 0.164 e. The van der Waals surface area contributed by atoms with Crippen molar-refractivity contribution < 1.29 is 0 Å². The molecule has 9 aromatic carbocycles. The lowest BCUT2D eigenvalue weighted by atomic mass is 10.0. The zero-order valence-electron chi connectivity index (χ0n) is 33.9. The fourth-order valence-electron chi connectivity index (χ4n) is 9.44. The molecule has 4 aromatic heterocycles. The van der Waals surface area contributed by atoms with E-state index >= 15 is 0 Å². The number of rotatable bonds is 6. The molecule has 0 N–H and O–H groups in total. The molecule has 0 radical (unpaired) electrons. The number of thiophene rings is 1. The van der Waals surface area contributed by atoms with E-state index in [9.17, 15) is 0 Å². The second kappa shape index (κ2) is 14.2. The first-order valence-corrected chi connectivity index (χ1v) is 22.0. The molecule has 0 bridgehead atoms. The molecule has 0 unspecified atom stereocenters. The molecule has 0 fully saturated rings. The van der Waals surface area contributed by atoms with Crippen LogP contribution in [0.2, 0.25) is 0 Å². The van der Waals surface area contributed by atoms with E-state index in [4.69, 9.17) is 15.0 Å². The second-order valence-corrected chi connectivity index (χ2v) is 17.1. The van der Waals surface area contributed by atoms with Crippen LogP contribution in [0.15, 0.2) is 212 Å². The van der Waals surface area contributed by atoms with Gasteiger partial charge in [0, 0.05) is 65.1 Å². The van der Waals surface area contributed by atoms with Crippen LogP contribution in [0.3, 0.4) is 0 Å². The third kappa shape index (κ3) is 5.73. The zero-order valence-corrected chi connectivity index (χ0v) is 34.7. The van der Waals surface area contributed by atoms with E-state index in [0.29, 0.717) is 17.5 Å². The first-order chi connectivity index (χ1) is 31.2. The molecule has 13 rings (SSSR count). The molecule has 6 heteroatoms. The molecule has 63 heavy (non-hydrogen) atoms. The van der Waals surface area contributed by atoms with E-state index in [1.807, 2.05) is 47.7 Å². The van der Waals surface area contributed by atoms with Gasteiger partial charge in [0.2, 0.25) is 0 Å². The Morgan fingerprint density at radius 1 is 0.302 bits per heavy atom. The summed E-state index contributed by atoms with van der Waals surface area (Å²) in [6.07, 6.45) is 0. The lowest BCUT2D eigenvalue weighted by Crippen LogP contribution is -2.00. The van der Waals surface area contributed by atoms with E-state index in [1.54, 1.807) is 0 Å². The molecule has 0 amide bonds. The standard InChI is InChI=1S/C57H35N5S/c1-5-15-36(16-6-1)39-25-28-44-43-23-13-14-24-49(43)61(51(44)34-39)42-27-32-52-48(35-42)46-30-29-45-47-33-40(26-31-50(47)62(53(45)54(46)63-52)41-21-11-4-12-22-41)57-59-55(37-17-7-2-8-18-37)58-56(60-57)38-19-9-3-10-20-38/h1-35H. The van der Waals surface area contributed by atoms with Crippen LogP contribution in [0.25, 0.3) is 120 Å². The summed E-state index contributed by atoms with van der Waals surface area (Å²) >= 11 is 1.86. The van der Waals surface area contributed by atoms with Gasteiger partial charge < -0.3 is 9.13 Å². The summed E-state index contributed by atoms with van der Waals surface area (Å²) in [7, 11) is 0. The number of nitrogens with zero attached hydrogens (tertiary/aromatic N) is 5. The Morgan fingerprint density at radius 3 is 1.57 bits per heavy atom. The summed E-state index contributed by atoms with van der Waals surface area (Å²) < 4.78 is 7.38. The molecule has 0 atom stereocenters. The Hall–Kier alpha value is -8.19. The average molecular weight is 822 g/mol. The summed E-state index contributed by atoms with van der Waals surface area (Å²) in [6.45, 7) is 0. The Labute approximate surface area is 366 Å². The highest BCUT2D eigenvalue weighted by molar-refractivity contribution is 7.26. The van der Waals surface area contributed by atoms with Crippen LogP contribution in [0, 0.1) is 0 Å². The summed E-state index contributed by atoms with van der Waals surface area (Å²) in [5, 5.41) is 7.32. The lowest BCUT2D eigenvalue weighted by molar-refractivity contribution is 1.07. The van der Waals surface area contributed by atoms with E-state index in [0.717, 1.165) is 39.0 Å². The summed E-state index contributed by atoms with van der Waals surface area (Å²) in [6, 6.07) is 75.6. The van der Waals surface area contributed by atoms with Crippen LogP contribution < -0.4 is 0 Å². The van der Waals surface area contributed by atoms with Gasteiger partial charge in [-0.25, -0.2) is 15.0 Å². The van der Waals surface area contributed by atoms with Crippen molar-refractivity contribution in [3.8, 4) is 56.7 Å². The molecule has 0 aliphatic heterocycles. The van der Waals surface area contributed by atoms with Gasteiger partial charge >= 0.3 is 0 Å². The maximum Gasteiger partial charge on any atom is 0.164 e. The van der Waals surface area contributed by atoms with Gasteiger partial charge in [-0.2, -0.15) is 0 Å². The summed E-state index contributed by atoms with van der Waals surface area (Å²) in [4.78, 5) is 15.1. The molecule has 294 valence electrons. The minimum atomic E-state index is 0.640. The van der Waals surface area contributed by atoms with Gasteiger partial charge in [-0.1, -0.05) is 152 Å². The predicted molar refractivity (Wildman–Crippen MR) is 263 cm³/mol. The monoisotopic (exact) mass is 821 g/mol. The Bertz CT molecular complexity index is 3830. The van der Waals surface area contributed by atoms with Crippen molar-refractivity contribution in [1.29, 1.82) is 0 Å². The number of aromatic nitrogens is 5. The van der Waals surface area contributed by atoms with Crippen molar-refractivity contribution in [3.05, 3.63) is 212 Å². The first-order valence-electron chi connectivity index (χ1n) is 21.2. The van der Waals surface area contributed by atoms with Gasteiger partial charge in [0.05, 0.1) is 26.8 Å². The van der Waals surface area contributed by atoms with Crippen molar-refractivity contribution in [2.75, 3.05) is 0 Å². The van der Waals surface area contributed by atoms with Gasteiger partial charge in [0.25, 0.3) is 0 Å². The number of fused-ring (bicyclic) bond motifs is 10. The van der Waals surface area contributed by atoms with Gasteiger partial charge in [0.15, 0.2) is 17.5 Å². The van der Waals surface area contributed by atoms with Crippen LogP contribution >= 0.6 is 11.3 Å². The molecular formula is C57H35N5S. The highest BCUT2D eigenvalue weighted by Crippen LogP contribution is 2.45. The van der Waals surface area contributed by atoms with Gasteiger partial charge in [-0.3, -0.25) is 0 Å². The van der Waals surface area contributed by atoms with E-state index in [2.05, 4.69) is 185 Å². The second-order valence-electron chi connectivity index (χ2n) is 16.0. The molecule has 0 aliphatic rings.